The van der Waals surface area contributed by atoms with Gasteiger partial charge in [-0.1, -0.05) is 5.92 Å². The Hall–Kier alpha value is -2.01. The van der Waals surface area contributed by atoms with E-state index in [0.717, 1.165) is 10.6 Å². The minimum Gasteiger partial charge on any atom is -0.505 e. The molecule has 0 amide bonds. The molecular formula is C17H23N2O14P3. The molecule has 1 aliphatic heterocycles. The van der Waals surface area contributed by atoms with Gasteiger partial charge in [0, 0.05) is 11.8 Å². The number of ether oxygens (including phenoxy) is 1. The number of aromatic nitrogens is 2. The van der Waals surface area contributed by atoms with Gasteiger partial charge in [-0.2, -0.15) is 0 Å². The molecule has 1 fully saturated rings. The second-order valence-electron chi connectivity index (χ2n) is 8.02. The lowest BCUT2D eigenvalue weighted by atomic mass is 9.99. The summed E-state index contributed by atoms with van der Waals surface area (Å²) in [6.45, 7) is 1.48. The molecule has 1 aliphatic carbocycles. The largest absolute Gasteiger partial charge is 0.505 e. The van der Waals surface area contributed by atoms with Gasteiger partial charge in [-0.05, 0) is 26.7 Å². The van der Waals surface area contributed by atoms with E-state index in [9.17, 15) is 53.1 Å². The van der Waals surface area contributed by atoms with E-state index in [1.807, 2.05) is 4.98 Å². The molecule has 0 saturated heterocycles. The first-order valence-electron chi connectivity index (χ1n) is 10.1. The number of phosphoric ester groups is 1. The van der Waals surface area contributed by atoms with Gasteiger partial charge < -0.3 is 34.5 Å². The van der Waals surface area contributed by atoms with Gasteiger partial charge in [0.25, 0.3) is 5.56 Å². The molecule has 19 heteroatoms. The van der Waals surface area contributed by atoms with Crippen molar-refractivity contribution in [3.05, 3.63) is 44.1 Å². The van der Waals surface area contributed by atoms with Crippen LogP contribution in [0.1, 0.15) is 31.7 Å². The topological polar surface area (TPSA) is 255 Å². The zero-order chi connectivity index (χ0) is 27.3. The minimum absolute atomic E-state index is 0.00228. The number of aliphatic hydroxyl groups excluding tert-OH is 1. The summed E-state index contributed by atoms with van der Waals surface area (Å²) < 4.78 is 51.2. The first-order chi connectivity index (χ1) is 16.4. The van der Waals surface area contributed by atoms with Gasteiger partial charge in [-0.3, -0.25) is 28.0 Å². The number of aromatic amines is 1. The molecular weight excluding hydrogens is 549 g/mol. The fourth-order valence-corrected chi connectivity index (χ4v) is 9.09. The molecule has 16 nitrogen and oxygen atoms in total. The summed E-state index contributed by atoms with van der Waals surface area (Å²) in [5.41, 5.74) is -7.51. The molecule has 0 spiro atoms. The number of hydrogen-bond donors (Lipinski definition) is 7. The number of aryl methyl sites for hydroxylation is 1. The highest BCUT2D eigenvalue weighted by Gasteiger charge is 2.56. The van der Waals surface area contributed by atoms with Crippen LogP contribution in [-0.2, 0) is 27.3 Å². The molecule has 1 saturated carbocycles. The summed E-state index contributed by atoms with van der Waals surface area (Å²) >= 11 is 0. The highest BCUT2D eigenvalue weighted by Crippen LogP contribution is 2.70. The van der Waals surface area contributed by atoms with Crippen LogP contribution >= 0.6 is 23.0 Å². The van der Waals surface area contributed by atoms with Crippen molar-refractivity contribution >= 4 is 23.0 Å². The normalized spacial score (nSPS) is 29.4. The summed E-state index contributed by atoms with van der Waals surface area (Å²) in [5.74, 6) is 2.85. The van der Waals surface area contributed by atoms with Crippen molar-refractivity contribution in [3.8, 4) is 11.8 Å². The molecule has 0 radical (unpaired) electrons. The zero-order valence-corrected chi connectivity index (χ0v) is 21.4. The number of nitrogens with one attached hydrogen (secondary N) is 1. The van der Waals surface area contributed by atoms with Crippen molar-refractivity contribution in [1.29, 1.82) is 0 Å². The van der Waals surface area contributed by atoms with Crippen LogP contribution in [-0.4, -0.2) is 62.9 Å². The lowest BCUT2D eigenvalue weighted by Gasteiger charge is -2.38. The Labute approximate surface area is 202 Å². The Morgan fingerprint density at radius 2 is 1.81 bits per heavy atom. The van der Waals surface area contributed by atoms with Gasteiger partial charge in [0.15, 0.2) is 11.5 Å². The van der Waals surface area contributed by atoms with Crippen LogP contribution < -0.4 is 11.2 Å². The van der Waals surface area contributed by atoms with E-state index in [2.05, 4.69) is 20.7 Å². The lowest BCUT2D eigenvalue weighted by molar-refractivity contribution is -0.0563. The number of hydrogen-bond acceptors (Lipinski definition) is 10. The quantitative estimate of drug-likeness (QED) is 0.159. The SMILES string of the molecule is CC#CC1(O)C(O)=C(COP(=O)(O)OP(=O)(O)C2CCC2P(=O)(O)O)O[C@H]1n1c(C)cc(=O)[nH]c1=O. The van der Waals surface area contributed by atoms with Crippen molar-refractivity contribution < 1.29 is 57.1 Å². The third kappa shape index (κ3) is 5.46. The third-order valence-corrected chi connectivity index (χ3v) is 11.0. The first-order valence-corrected chi connectivity index (χ1v) is 14.9. The highest BCUT2D eigenvalue weighted by molar-refractivity contribution is 7.65. The van der Waals surface area contributed by atoms with Gasteiger partial charge in [0.1, 0.15) is 6.61 Å². The van der Waals surface area contributed by atoms with Crippen molar-refractivity contribution in [2.24, 2.45) is 0 Å². The summed E-state index contributed by atoms with van der Waals surface area (Å²) in [7, 11) is -15.2. The summed E-state index contributed by atoms with van der Waals surface area (Å²) in [6.07, 6.45) is -2.04. The highest BCUT2D eigenvalue weighted by atomic mass is 31.3. The summed E-state index contributed by atoms with van der Waals surface area (Å²) in [4.78, 5) is 64.3. The fourth-order valence-electron chi connectivity index (χ4n) is 3.78. The number of phosphoric acid groups is 1. The van der Waals surface area contributed by atoms with E-state index >= 15 is 0 Å². The monoisotopic (exact) mass is 572 g/mol. The van der Waals surface area contributed by atoms with Gasteiger partial charge in [0.05, 0.1) is 11.3 Å². The maximum Gasteiger partial charge on any atom is 0.479 e. The Kier molecular flexibility index (Phi) is 7.70. The van der Waals surface area contributed by atoms with Crippen molar-refractivity contribution in [2.45, 2.75) is 49.8 Å². The zero-order valence-electron chi connectivity index (χ0n) is 18.7. The predicted octanol–water partition coefficient (Wildman–Crippen LogP) is -0.0745. The molecule has 7 N–H and O–H groups in total. The minimum atomic E-state index is -5.40. The second kappa shape index (κ2) is 9.70. The van der Waals surface area contributed by atoms with Crippen LogP contribution in [0.2, 0.25) is 0 Å². The molecule has 0 aromatic carbocycles. The lowest BCUT2D eigenvalue weighted by Crippen LogP contribution is -2.44. The molecule has 200 valence electrons. The number of nitrogens with zero attached hydrogens (tertiary/aromatic N) is 1. The van der Waals surface area contributed by atoms with Crippen LogP contribution in [0.25, 0.3) is 0 Å². The smallest absolute Gasteiger partial charge is 0.479 e. The molecule has 1 aromatic rings. The molecule has 6 atom stereocenters. The van der Waals surface area contributed by atoms with E-state index in [1.54, 1.807) is 0 Å². The standard InChI is InChI=1S/C17H23N2O14P3/c1-3-6-17(23)14(21)10(32-15(17)19-9(2)7-13(20)18-16(19)22)8-31-36(29,30)33-35(27,28)12-5-4-11(12)34(24,25)26/h7,11-12,15,21,23H,4-5,8H2,1-2H3,(H,27,28)(H,29,30)(H,18,20,22)(H2,24,25,26)/t11?,12?,15-,17?/m1/s1. The molecule has 1 aromatic heterocycles. The van der Waals surface area contributed by atoms with E-state index in [1.165, 1.54) is 13.8 Å². The molecule has 36 heavy (non-hydrogen) atoms. The fraction of sp³-hybridized carbons (Fsp3) is 0.529. The van der Waals surface area contributed by atoms with Crippen molar-refractivity contribution in [2.75, 3.05) is 6.61 Å². The van der Waals surface area contributed by atoms with E-state index in [-0.39, 0.29) is 18.5 Å². The van der Waals surface area contributed by atoms with E-state index in [4.69, 9.17) is 4.74 Å². The van der Waals surface area contributed by atoms with Crippen LogP contribution in [0.15, 0.2) is 27.2 Å². The van der Waals surface area contributed by atoms with Gasteiger partial charge in [0.2, 0.25) is 11.8 Å². The predicted molar refractivity (Wildman–Crippen MR) is 120 cm³/mol. The van der Waals surface area contributed by atoms with E-state index in [0.29, 0.717) is 0 Å². The number of aliphatic hydroxyl groups is 2. The Balaban J connectivity index is 1.83. The van der Waals surface area contributed by atoms with Crippen LogP contribution in [0.3, 0.4) is 0 Å². The van der Waals surface area contributed by atoms with Crippen molar-refractivity contribution in [3.63, 3.8) is 0 Å². The second-order valence-corrected chi connectivity index (χ2v) is 13.5. The van der Waals surface area contributed by atoms with Crippen LogP contribution in [0.4, 0.5) is 0 Å². The first kappa shape index (κ1) is 28.6. The molecule has 3 rings (SSSR count). The number of H-pyrrole nitrogens is 1. The number of rotatable bonds is 8. The summed E-state index contributed by atoms with van der Waals surface area (Å²) in [5, 5.41) is 21.5. The van der Waals surface area contributed by atoms with Gasteiger partial charge in [-0.15, -0.1) is 5.92 Å². The Morgan fingerprint density at radius 3 is 2.31 bits per heavy atom. The average Bonchev–Trinajstić information content (AvgIpc) is 2.87. The Morgan fingerprint density at radius 1 is 1.19 bits per heavy atom. The Bertz CT molecular complexity index is 1410. The van der Waals surface area contributed by atoms with Crippen LogP contribution in [0, 0.1) is 18.8 Å². The van der Waals surface area contributed by atoms with E-state index < -0.39 is 75.5 Å². The van der Waals surface area contributed by atoms with Crippen LogP contribution in [0.5, 0.6) is 0 Å². The maximum atomic E-state index is 12.4. The van der Waals surface area contributed by atoms with Crippen molar-refractivity contribution in [1.82, 2.24) is 9.55 Å². The average molecular weight is 572 g/mol. The molecule has 0 bridgehead atoms. The van der Waals surface area contributed by atoms with Gasteiger partial charge >= 0.3 is 28.7 Å². The third-order valence-electron chi connectivity index (χ3n) is 5.59. The maximum absolute atomic E-state index is 12.4. The summed E-state index contributed by atoms with van der Waals surface area (Å²) in [6, 6.07) is 0.996. The van der Waals surface area contributed by atoms with Gasteiger partial charge in [-0.25, -0.2) is 13.7 Å². The molecule has 5 unspecified atom stereocenters. The molecule has 2 heterocycles. The molecule has 2 aliphatic rings.